The summed E-state index contributed by atoms with van der Waals surface area (Å²) < 4.78 is 19.3. The molecule has 112 valence electrons. The Hall–Kier alpha value is -1.89. The van der Waals surface area contributed by atoms with Gasteiger partial charge in [-0.15, -0.1) is 0 Å². The first kappa shape index (κ1) is 15.5. The first-order valence-corrected chi connectivity index (χ1v) is 7.30. The van der Waals surface area contributed by atoms with Crippen molar-refractivity contribution in [1.82, 2.24) is 9.97 Å². The zero-order chi connectivity index (χ0) is 15.2. The second-order valence-electron chi connectivity index (χ2n) is 4.29. The van der Waals surface area contributed by atoms with Gasteiger partial charge in [0.1, 0.15) is 22.4 Å². The molecule has 0 spiro atoms. The Morgan fingerprint density at radius 3 is 2.71 bits per heavy atom. The zero-order valence-corrected chi connectivity index (χ0v) is 13.4. The molecule has 1 aromatic heterocycles. The summed E-state index contributed by atoms with van der Waals surface area (Å²) in [4.78, 5) is 8.31. The fourth-order valence-electron chi connectivity index (χ4n) is 1.70. The maximum absolute atomic E-state index is 13.7. The van der Waals surface area contributed by atoms with Crippen LogP contribution in [0.5, 0.6) is 5.75 Å². The molecule has 0 bridgehead atoms. The monoisotopic (exact) mass is 354 g/mol. The minimum Gasteiger partial charge on any atom is -0.494 e. The second kappa shape index (κ2) is 7.21. The molecule has 2 rings (SSSR count). The van der Waals surface area contributed by atoms with Gasteiger partial charge < -0.3 is 15.4 Å². The molecule has 0 atom stereocenters. The van der Waals surface area contributed by atoms with Gasteiger partial charge in [-0.3, -0.25) is 0 Å². The summed E-state index contributed by atoms with van der Waals surface area (Å²) in [5.74, 6) is 1.03. The van der Waals surface area contributed by atoms with Gasteiger partial charge >= 0.3 is 0 Å². The number of nitrogens with zero attached hydrogens (tertiary/aromatic N) is 2. The Bertz CT molecular complexity index is 624. The Labute approximate surface area is 131 Å². The molecule has 7 heteroatoms. The molecule has 0 fully saturated rings. The van der Waals surface area contributed by atoms with Gasteiger partial charge in [0.2, 0.25) is 0 Å². The fraction of sp³-hybridized carbons (Fsp3) is 0.286. The van der Waals surface area contributed by atoms with E-state index in [4.69, 9.17) is 4.74 Å². The van der Waals surface area contributed by atoms with Crippen LogP contribution in [-0.4, -0.2) is 23.6 Å². The van der Waals surface area contributed by atoms with Crippen LogP contribution in [0.4, 0.5) is 21.7 Å². The Balaban J connectivity index is 2.21. The summed E-state index contributed by atoms with van der Waals surface area (Å²) in [7, 11) is 1.43. The highest BCUT2D eigenvalue weighted by molar-refractivity contribution is 9.10. The van der Waals surface area contributed by atoms with Gasteiger partial charge in [0.05, 0.1) is 7.11 Å². The lowest BCUT2D eigenvalue weighted by Crippen LogP contribution is -2.05. The number of methoxy groups -OCH3 is 1. The van der Waals surface area contributed by atoms with Gasteiger partial charge in [0, 0.05) is 18.3 Å². The molecule has 0 aliphatic carbocycles. The lowest BCUT2D eigenvalue weighted by atomic mass is 10.3. The second-order valence-corrected chi connectivity index (χ2v) is 5.08. The Morgan fingerprint density at radius 2 is 2.05 bits per heavy atom. The van der Waals surface area contributed by atoms with Crippen molar-refractivity contribution in [3.63, 3.8) is 0 Å². The van der Waals surface area contributed by atoms with Crippen molar-refractivity contribution in [2.24, 2.45) is 0 Å². The molecule has 0 radical (unpaired) electrons. The minimum absolute atomic E-state index is 0.201. The predicted octanol–water partition coefficient (Wildman–Crippen LogP) is 3.95. The molecule has 0 aliphatic heterocycles. The van der Waals surface area contributed by atoms with Crippen molar-refractivity contribution in [2.75, 3.05) is 24.3 Å². The summed E-state index contributed by atoms with van der Waals surface area (Å²) >= 11 is 3.45. The van der Waals surface area contributed by atoms with Gasteiger partial charge in [-0.05, 0) is 34.5 Å². The Kier molecular flexibility index (Phi) is 5.32. The summed E-state index contributed by atoms with van der Waals surface area (Å²) in [6.45, 7) is 2.88. The third-order valence-corrected chi connectivity index (χ3v) is 3.50. The summed E-state index contributed by atoms with van der Waals surface area (Å²) in [5, 5.41) is 6.23. The smallest absolute Gasteiger partial charge is 0.167 e. The number of aromatic nitrogens is 2. The fourth-order valence-corrected chi connectivity index (χ4v) is 2.15. The number of anilines is 3. The first-order chi connectivity index (χ1) is 10.2. The average Bonchev–Trinajstić information content (AvgIpc) is 2.48. The van der Waals surface area contributed by atoms with Crippen LogP contribution in [0.3, 0.4) is 0 Å². The van der Waals surface area contributed by atoms with E-state index in [2.05, 4.69) is 43.5 Å². The average molecular weight is 355 g/mol. The number of hydrogen-bond donors (Lipinski definition) is 2. The summed E-state index contributed by atoms with van der Waals surface area (Å²) in [5.41, 5.74) is 0.578. The molecular weight excluding hydrogens is 339 g/mol. The molecule has 0 aliphatic rings. The molecule has 1 aromatic carbocycles. The van der Waals surface area contributed by atoms with E-state index in [1.807, 2.05) is 0 Å². The third-order valence-electron chi connectivity index (χ3n) is 2.75. The molecule has 0 saturated heterocycles. The first-order valence-electron chi connectivity index (χ1n) is 6.50. The maximum atomic E-state index is 13.7. The van der Waals surface area contributed by atoms with Crippen molar-refractivity contribution >= 4 is 33.3 Å². The molecular formula is C14H16BrFN4O. The molecule has 1 heterocycles. The van der Waals surface area contributed by atoms with E-state index < -0.39 is 5.82 Å². The zero-order valence-electron chi connectivity index (χ0n) is 11.8. The van der Waals surface area contributed by atoms with Crippen LogP contribution in [0, 0.1) is 5.82 Å². The van der Waals surface area contributed by atoms with E-state index in [9.17, 15) is 4.39 Å². The Morgan fingerprint density at radius 1 is 1.29 bits per heavy atom. The number of hydrogen-bond acceptors (Lipinski definition) is 5. The van der Waals surface area contributed by atoms with E-state index in [1.165, 1.54) is 19.5 Å². The number of benzene rings is 1. The van der Waals surface area contributed by atoms with Crippen LogP contribution in [0.15, 0.2) is 29.0 Å². The molecule has 0 amide bonds. The van der Waals surface area contributed by atoms with Crippen LogP contribution >= 0.6 is 15.9 Å². The minimum atomic E-state index is -0.433. The topological polar surface area (TPSA) is 59.1 Å². The SMILES string of the molecule is CCCNc1ncnc(Nc2ccc(OC)c(F)c2)c1Br. The molecule has 2 aromatic rings. The van der Waals surface area contributed by atoms with Crippen LogP contribution in [0.1, 0.15) is 13.3 Å². The lowest BCUT2D eigenvalue weighted by molar-refractivity contribution is 0.386. The third kappa shape index (κ3) is 3.81. The highest BCUT2D eigenvalue weighted by Crippen LogP contribution is 2.30. The van der Waals surface area contributed by atoms with Crippen LogP contribution in [-0.2, 0) is 0 Å². The van der Waals surface area contributed by atoms with Gasteiger partial charge in [-0.1, -0.05) is 6.92 Å². The number of halogens is 2. The number of ether oxygens (including phenoxy) is 1. The highest BCUT2D eigenvalue weighted by atomic mass is 79.9. The van der Waals surface area contributed by atoms with Crippen LogP contribution in [0.2, 0.25) is 0 Å². The lowest BCUT2D eigenvalue weighted by Gasteiger charge is -2.12. The van der Waals surface area contributed by atoms with Crippen LogP contribution < -0.4 is 15.4 Å². The quantitative estimate of drug-likeness (QED) is 0.822. The summed E-state index contributed by atoms with van der Waals surface area (Å²) in [6.07, 6.45) is 2.44. The summed E-state index contributed by atoms with van der Waals surface area (Å²) in [6, 6.07) is 4.63. The van der Waals surface area contributed by atoms with Crippen molar-refractivity contribution in [1.29, 1.82) is 0 Å². The van der Waals surface area contributed by atoms with Crippen molar-refractivity contribution in [3.8, 4) is 5.75 Å². The van der Waals surface area contributed by atoms with Crippen molar-refractivity contribution in [3.05, 3.63) is 34.8 Å². The van der Waals surface area contributed by atoms with Crippen molar-refractivity contribution < 1.29 is 9.13 Å². The molecule has 21 heavy (non-hydrogen) atoms. The predicted molar refractivity (Wildman–Crippen MR) is 84.7 cm³/mol. The van der Waals surface area contributed by atoms with Gasteiger partial charge in [-0.2, -0.15) is 0 Å². The van der Waals surface area contributed by atoms with E-state index in [0.717, 1.165) is 13.0 Å². The van der Waals surface area contributed by atoms with E-state index >= 15 is 0 Å². The number of nitrogens with one attached hydrogen (secondary N) is 2. The van der Waals surface area contributed by atoms with Crippen molar-refractivity contribution in [2.45, 2.75) is 13.3 Å². The highest BCUT2D eigenvalue weighted by Gasteiger charge is 2.10. The molecule has 2 N–H and O–H groups in total. The molecule has 5 nitrogen and oxygen atoms in total. The van der Waals surface area contributed by atoms with E-state index in [1.54, 1.807) is 12.1 Å². The van der Waals surface area contributed by atoms with Gasteiger partial charge in [0.25, 0.3) is 0 Å². The van der Waals surface area contributed by atoms with Gasteiger partial charge in [-0.25, -0.2) is 14.4 Å². The molecule has 0 unspecified atom stereocenters. The van der Waals surface area contributed by atoms with Crippen LogP contribution in [0.25, 0.3) is 0 Å². The largest absolute Gasteiger partial charge is 0.494 e. The maximum Gasteiger partial charge on any atom is 0.167 e. The van der Waals surface area contributed by atoms with E-state index in [0.29, 0.717) is 21.8 Å². The van der Waals surface area contributed by atoms with E-state index in [-0.39, 0.29) is 5.75 Å². The standard InChI is InChI=1S/C14H16BrFN4O/c1-3-6-17-13-12(15)14(19-8-18-13)20-9-4-5-11(21-2)10(16)7-9/h4-5,7-8H,3,6H2,1-2H3,(H2,17,18,19,20). The number of rotatable bonds is 6. The van der Waals surface area contributed by atoms with Gasteiger partial charge in [0.15, 0.2) is 11.6 Å². The normalized spacial score (nSPS) is 10.3. The molecule has 0 saturated carbocycles.